The third kappa shape index (κ3) is 5.68. The maximum absolute atomic E-state index is 12.4. The van der Waals surface area contributed by atoms with Crippen LogP contribution >= 0.6 is 27.7 Å². The van der Waals surface area contributed by atoms with E-state index >= 15 is 0 Å². The molecule has 0 spiro atoms. The third-order valence-electron chi connectivity index (χ3n) is 4.72. The normalized spacial score (nSPS) is 11.4. The molecule has 0 saturated carbocycles. The summed E-state index contributed by atoms with van der Waals surface area (Å²) in [4.78, 5) is 12.4. The maximum atomic E-state index is 12.4. The standard InChI is InChI=1S/C24H20BrN5O2S/c1-16(17-7-13-21(31)14-8-17)26-27-22(32)15-33-24-29-28-23(18-5-3-2-4-6-18)30(24)20-11-9-19(25)10-12-20/h2-14,31H,15H2,1H3,(H,27,32). The van der Waals surface area contributed by atoms with Gasteiger partial charge < -0.3 is 5.11 Å². The van der Waals surface area contributed by atoms with Crippen molar-refractivity contribution in [3.8, 4) is 22.8 Å². The number of hydrogen-bond acceptors (Lipinski definition) is 6. The van der Waals surface area contributed by atoms with Gasteiger partial charge in [-0.05, 0) is 61.0 Å². The van der Waals surface area contributed by atoms with Gasteiger partial charge in [0.2, 0.25) is 0 Å². The number of halogens is 1. The summed E-state index contributed by atoms with van der Waals surface area (Å²) in [6.45, 7) is 1.79. The number of hydrazone groups is 1. The van der Waals surface area contributed by atoms with E-state index in [1.165, 1.54) is 11.8 Å². The molecule has 4 rings (SSSR count). The highest BCUT2D eigenvalue weighted by Crippen LogP contribution is 2.28. The van der Waals surface area contributed by atoms with Gasteiger partial charge in [0.15, 0.2) is 11.0 Å². The number of amides is 1. The van der Waals surface area contributed by atoms with Crippen LogP contribution in [0.15, 0.2) is 93.6 Å². The molecule has 4 aromatic rings. The summed E-state index contributed by atoms with van der Waals surface area (Å²) in [5.74, 6) is 0.735. The Labute approximate surface area is 203 Å². The minimum Gasteiger partial charge on any atom is -0.508 e. The molecule has 2 N–H and O–H groups in total. The van der Waals surface area contributed by atoms with Crippen LogP contribution in [-0.4, -0.2) is 37.2 Å². The van der Waals surface area contributed by atoms with Crippen LogP contribution in [-0.2, 0) is 4.79 Å². The van der Waals surface area contributed by atoms with Crippen molar-refractivity contribution in [1.82, 2.24) is 20.2 Å². The first-order valence-electron chi connectivity index (χ1n) is 10.0. The number of carbonyl (C=O) groups excluding carboxylic acids is 1. The smallest absolute Gasteiger partial charge is 0.250 e. The predicted octanol–water partition coefficient (Wildman–Crippen LogP) is 5.03. The Hall–Kier alpha value is -3.43. The molecule has 0 aliphatic rings. The Kier molecular flexibility index (Phi) is 7.21. The predicted molar refractivity (Wildman–Crippen MR) is 134 cm³/mol. The fourth-order valence-corrected chi connectivity index (χ4v) is 4.04. The number of carbonyl (C=O) groups is 1. The average Bonchev–Trinajstić information content (AvgIpc) is 3.26. The Morgan fingerprint density at radius 3 is 2.42 bits per heavy atom. The van der Waals surface area contributed by atoms with E-state index in [0.29, 0.717) is 16.7 Å². The molecule has 0 aliphatic carbocycles. The van der Waals surface area contributed by atoms with Crippen LogP contribution in [0.1, 0.15) is 12.5 Å². The highest BCUT2D eigenvalue weighted by atomic mass is 79.9. The van der Waals surface area contributed by atoms with Crippen molar-refractivity contribution in [2.45, 2.75) is 12.1 Å². The zero-order chi connectivity index (χ0) is 23.2. The molecule has 0 radical (unpaired) electrons. The lowest BCUT2D eigenvalue weighted by Gasteiger charge is -2.10. The number of phenolic OH excluding ortho intramolecular Hbond substituents is 1. The van der Waals surface area contributed by atoms with E-state index in [9.17, 15) is 9.90 Å². The SMILES string of the molecule is CC(=NNC(=O)CSc1nnc(-c2ccccc2)n1-c1ccc(Br)cc1)c1ccc(O)cc1. The number of rotatable bonds is 7. The van der Waals surface area contributed by atoms with E-state index in [-0.39, 0.29) is 17.4 Å². The van der Waals surface area contributed by atoms with Gasteiger partial charge >= 0.3 is 0 Å². The quantitative estimate of drug-likeness (QED) is 0.202. The first-order chi connectivity index (χ1) is 16.0. The van der Waals surface area contributed by atoms with E-state index in [4.69, 9.17) is 0 Å². The molecule has 0 bridgehead atoms. The van der Waals surface area contributed by atoms with E-state index in [2.05, 4.69) is 36.7 Å². The van der Waals surface area contributed by atoms with Gasteiger partial charge in [0.05, 0.1) is 11.5 Å². The molecule has 166 valence electrons. The minimum absolute atomic E-state index is 0.121. The molecule has 0 fully saturated rings. The molecule has 0 unspecified atom stereocenters. The summed E-state index contributed by atoms with van der Waals surface area (Å²) in [6, 6.07) is 24.3. The minimum atomic E-state index is -0.259. The number of thioether (sulfide) groups is 1. The summed E-state index contributed by atoms with van der Waals surface area (Å²) in [6.07, 6.45) is 0. The Morgan fingerprint density at radius 1 is 1.03 bits per heavy atom. The largest absolute Gasteiger partial charge is 0.508 e. The van der Waals surface area contributed by atoms with Gasteiger partial charge in [-0.25, -0.2) is 5.43 Å². The highest BCUT2D eigenvalue weighted by Gasteiger charge is 2.17. The van der Waals surface area contributed by atoms with Crippen molar-refractivity contribution >= 4 is 39.3 Å². The molecule has 3 aromatic carbocycles. The summed E-state index contributed by atoms with van der Waals surface area (Å²) in [5, 5.41) is 22.9. The van der Waals surface area contributed by atoms with Crippen LogP contribution in [0.3, 0.4) is 0 Å². The Balaban J connectivity index is 1.51. The van der Waals surface area contributed by atoms with E-state index in [1.54, 1.807) is 31.2 Å². The van der Waals surface area contributed by atoms with Gasteiger partial charge in [0.1, 0.15) is 5.75 Å². The molecular weight excluding hydrogens is 502 g/mol. The molecule has 1 heterocycles. The lowest BCUT2D eigenvalue weighted by molar-refractivity contribution is -0.118. The first kappa shape index (κ1) is 22.8. The average molecular weight is 522 g/mol. The van der Waals surface area contributed by atoms with Crippen LogP contribution in [0.25, 0.3) is 17.1 Å². The monoisotopic (exact) mass is 521 g/mol. The summed E-state index contributed by atoms with van der Waals surface area (Å²) in [5.41, 5.74) is 5.84. The molecular formula is C24H20BrN5O2S. The van der Waals surface area contributed by atoms with Gasteiger partial charge in [-0.3, -0.25) is 9.36 Å². The van der Waals surface area contributed by atoms with Crippen molar-refractivity contribution in [2.75, 3.05) is 5.75 Å². The Morgan fingerprint density at radius 2 is 1.73 bits per heavy atom. The molecule has 7 nitrogen and oxygen atoms in total. The van der Waals surface area contributed by atoms with Crippen molar-refractivity contribution in [1.29, 1.82) is 0 Å². The zero-order valence-electron chi connectivity index (χ0n) is 17.6. The van der Waals surface area contributed by atoms with Crippen molar-refractivity contribution < 1.29 is 9.90 Å². The van der Waals surface area contributed by atoms with Crippen molar-refractivity contribution in [3.63, 3.8) is 0 Å². The summed E-state index contributed by atoms with van der Waals surface area (Å²) >= 11 is 4.75. The number of phenols is 1. The lowest BCUT2D eigenvalue weighted by Crippen LogP contribution is -2.21. The third-order valence-corrected chi connectivity index (χ3v) is 6.17. The molecule has 1 amide bonds. The van der Waals surface area contributed by atoms with E-state index in [1.807, 2.05) is 59.2 Å². The molecule has 9 heteroatoms. The van der Waals surface area contributed by atoms with Crippen LogP contribution in [0.5, 0.6) is 5.75 Å². The summed E-state index contributed by atoms with van der Waals surface area (Å²) < 4.78 is 2.90. The molecule has 33 heavy (non-hydrogen) atoms. The molecule has 0 saturated heterocycles. The number of nitrogens with one attached hydrogen (secondary N) is 1. The number of benzene rings is 3. The topological polar surface area (TPSA) is 92.4 Å². The second-order valence-corrected chi connectivity index (χ2v) is 8.91. The van der Waals surface area contributed by atoms with Crippen LogP contribution in [0.2, 0.25) is 0 Å². The second kappa shape index (κ2) is 10.5. The number of nitrogens with zero attached hydrogens (tertiary/aromatic N) is 4. The summed E-state index contributed by atoms with van der Waals surface area (Å²) in [7, 11) is 0. The fraction of sp³-hybridized carbons (Fsp3) is 0.0833. The van der Waals surface area contributed by atoms with Crippen molar-refractivity contribution in [2.24, 2.45) is 5.10 Å². The van der Waals surface area contributed by atoms with Gasteiger partial charge in [-0.15, -0.1) is 10.2 Å². The van der Waals surface area contributed by atoms with Crippen LogP contribution in [0, 0.1) is 0 Å². The first-order valence-corrected chi connectivity index (χ1v) is 11.8. The molecule has 1 aromatic heterocycles. The van der Waals surface area contributed by atoms with Crippen molar-refractivity contribution in [3.05, 3.63) is 88.9 Å². The van der Waals surface area contributed by atoms with Gasteiger partial charge in [-0.2, -0.15) is 5.10 Å². The molecule has 0 atom stereocenters. The van der Waals surface area contributed by atoms with Crippen LogP contribution in [0.4, 0.5) is 0 Å². The lowest BCUT2D eigenvalue weighted by atomic mass is 10.1. The number of aromatic nitrogens is 3. The molecule has 0 aliphatic heterocycles. The highest BCUT2D eigenvalue weighted by molar-refractivity contribution is 9.10. The van der Waals surface area contributed by atoms with Gasteiger partial charge in [0.25, 0.3) is 5.91 Å². The number of aromatic hydroxyl groups is 1. The Bertz CT molecular complexity index is 1270. The number of hydrogen-bond donors (Lipinski definition) is 2. The van der Waals surface area contributed by atoms with Gasteiger partial charge in [0, 0.05) is 15.7 Å². The van der Waals surface area contributed by atoms with Gasteiger partial charge in [-0.1, -0.05) is 58.0 Å². The van der Waals surface area contributed by atoms with E-state index < -0.39 is 0 Å². The maximum Gasteiger partial charge on any atom is 0.250 e. The fourth-order valence-electron chi connectivity index (χ4n) is 3.04. The van der Waals surface area contributed by atoms with Crippen LogP contribution < -0.4 is 5.43 Å². The zero-order valence-corrected chi connectivity index (χ0v) is 20.0. The van der Waals surface area contributed by atoms with E-state index in [0.717, 1.165) is 21.3 Å². The second-order valence-electron chi connectivity index (χ2n) is 7.05.